The molecule has 0 saturated heterocycles. The van der Waals surface area contributed by atoms with Gasteiger partial charge >= 0.3 is 0 Å². The molecule has 0 spiro atoms. The molecule has 1 fully saturated rings. The number of hydrogen-bond donors (Lipinski definition) is 2. The normalized spacial score (nSPS) is 26.3. The van der Waals surface area contributed by atoms with E-state index in [0.29, 0.717) is 0 Å². The number of fused-ring (bicyclic) bond motifs is 1. The second-order valence-corrected chi connectivity index (χ2v) is 4.82. The van der Waals surface area contributed by atoms with Crippen molar-refractivity contribution in [1.29, 1.82) is 0 Å². The van der Waals surface area contributed by atoms with E-state index in [-0.39, 0.29) is 18.0 Å². The van der Waals surface area contributed by atoms with Gasteiger partial charge in [-0.15, -0.1) is 0 Å². The summed E-state index contributed by atoms with van der Waals surface area (Å²) in [7, 11) is 0. The lowest BCUT2D eigenvalue weighted by Gasteiger charge is -2.06. The molecule has 16 heavy (non-hydrogen) atoms. The first-order chi connectivity index (χ1) is 7.74. The molecule has 2 aliphatic carbocycles. The van der Waals surface area contributed by atoms with E-state index in [2.05, 4.69) is 11.4 Å². The van der Waals surface area contributed by atoms with E-state index >= 15 is 0 Å². The van der Waals surface area contributed by atoms with Crippen LogP contribution in [0.15, 0.2) is 18.2 Å². The molecule has 3 rings (SSSR count). The fourth-order valence-corrected chi connectivity index (χ4v) is 2.35. The van der Waals surface area contributed by atoms with Gasteiger partial charge in [-0.3, -0.25) is 4.79 Å². The van der Waals surface area contributed by atoms with E-state index in [9.17, 15) is 4.79 Å². The number of hydrogen-bond acceptors (Lipinski definition) is 2. The summed E-state index contributed by atoms with van der Waals surface area (Å²) in [6.07, 6.45) is 4.40. The molecule has 0 radical (unpaired) electrons. The first-order valence-corrected chi connectivity index (χ1v) is 5.92. The van der Waals surface area contributed by atoms with Crippen LogP contribution in [0.1, 0.15) is 34.3 Å². The molecule has 1 saturated carbocycles. The van der Waals surface area contributed by atoms with Gasteiger partial charge in [0.2, 0.25) is 0 Å². The lowest BCUT2D eigenvalue weighted by Crippen LogP contribution is -2.29. The highest BCUT2D eigenvalue weighted by atomic mass is 16.1. The lowest BCUT2D eigenvalue weighted by molar-refractivity contribution is 0.0950. The van der Waals surface area contributed by atoms with Crippen LogP contribution in [0.3, 0.4) is 0 Å². The summed E-state index contributed by atoms with van der Waals surface area (Å²) < 4.78 is 0. The van der Waals surface area contributed by atoms with Crippen molar-refractivity contribution >= 4 is 5.91 Å². The van der Waals surface area contributed by atoms with Crippen LogP contribution >= 0.6 is 0 Å². The predicted molar refractivity (Wildman–Crippen MR) is 62.3 cm³/mol. The minimum atomic E-state index is 0.0210. The molecule has 0 heterocycles. The summed E-state index contributed by atoms with van der Waals surface area (Å²) in [6, 6.07) is 6.40. The molecule has 3 N–H and O–H groups in total. The van der Waals surface area contributed by atoms with Crippen molar-refractivity contribution in [2.75, 3.05) is 0 Å². The highest BCUT2D eigenvalue weighted by Crippen LogP contribution is 2.23. The fraction of sp³-hybridized carbons (Fsp3) is 0.462. The SMILES string of the molecule is NC1CC1NC(=O)c1ccc2c(c1)CCC2. The Morgan fingerprint density at radius 3 is 2.81 bits per heavy atom. The Hall–Kier alpha value is -1.35. The number of carbonyl (C=O) groups excluding carboxylic acids is 1. The third-order valence-electron chi connectivity index (χ3n) is 3.52. The van der Waals surface area contributed by atoms with Crippen LogP contribution in [0, 0.1) is 0 Å². The zero-order valence-corrected chi connectivity index (χ0v) is 9.20. The van der Waals surface area contributed by atoms with Crippen LogP contribution in [0.5, 0.6) is 0 Å². The van der Waals surface area contributed by atoms with E-state index < -0.39 is 0 Å². The first kappa shape index (κ1) is 9.85. The van der Waals surface area contributed by atoms with Gasteiger partial charge in [-0.2, -0.15) is 0 Å². The average Bonchev–Trinajstić information content (AvgIpc) is 2.81. The van der Waals surface area contributed by atoms with E-state index in [0.717, 1.165) is 24.8 Å². The van der Waals surface area contributed by atoms with Crippen LogP contribution in [0.25, 0.3) is 0 Å². The van der Waals surface area contributed by atoms with E-state index in [1.165, 1.54) is 17.5 Å². The zero-order chi connectivity index (χ0) is 11.1. The molecule has 1 amide bonds. The van der Waals surface area contributed by atoms with Crippen molar-refractivity contribution in [3.8, 4) is 0 Å². The summed E-state index contributed by atoms with van der Waals surface area (Å²) in [5.74, 6) is 0.0210. The number of aryl methyl sites for hydroxylation is 2. The maximum Gasteiger partial charge on any atom is 0.251 e. The van der Waals surface area contributed by atoms with Crippen molar-refractivity contribution in [2.45, 2.75) is 37.8 Å². The monoisotopic (exact) mass is 216 g/mol. The Kier molecular flexibility index (Phi) is 2.21. The molecule has 3 nitrogen and oxygen atoms in total. The number of rotatable bonds is 2. The summed E-state index contributed by atoms with van der Waals surface area (Å²) in [5, 5.41) is 2.95. The molecule has 0 aliphatic heterocycles. The summed E-state index contributed by atoms with van der Waals surface area (Å²) in [5.41, 5.74) is 9.19. The van der Waals surface area contributed by atoms with Gasteiger partial charge in [0, 0.05) is 17.6 Å². The molecule has 2 unspecified atom stereocenters. The second kappa shape index (κ2) is 3.59. The van der Waals surface area contributed by atoms with Crippen LogP contribution in [0.4, 0.5) is 0 Å². The smallest absolute Gasteiger partial charge is 0.251 e. The molecule has 1 aromatic rings. The summed E-state index contributed by atoms with van der Waals surface area (Å²) >= 11 is 0. The van der Waals surface area contributed by atoms with Gasteiger partial charge in [0.05, 0.1) is 0 Å². The van der Waals surface area contributed by atoms with E-state index in [1.54, 1.807) is 0 Å². The largest absolute Gasteiger partial charge is 0.348 e. The molecule has 0 bridgehead atoms. The van der Waals surface area contributed by atoms with Crippen LogP contribution in [-0.2, 0) is 12.8 Å². The summed E-state index contributed by atoms with van der Waals surface area (Å²) in [6.45, 7) is 0. The second-order valence-electron chi connectivity index (χ2n) is 4.82. The van der Waals surface area contributed by atoms with Crippen molar-refractivity contribution in [3.63, 3.8) is 0 Å². The highest BCUT2D eigenvalue weighted by molar-refractivity contribution is 5.95. The number of nitrogens with one attached hydrogen (secondary N) is 1. The molecular formula is C13H16N2O. The lowest BCUT2D eigenvalue weighted by atomic mass is 10.1. The van der Waals surface area contributed by atoms with Crippen molar-refractivity contribution < 1.29 is 4.79 Å². The third kappa shape index (κ3) is 1.71. The van der Waals surface area contributed by atoms with Gasteiger partial charge < -0.3 is 11.1 Å². The van der Waals surface area contributed by atoms with Gasteiger partial charge in [-0.1, -0.05) is 6.07 Å². The van der Waals surface area contributed by atoms with Gasteiger partial charge in [-0.05, 0) is 48.9 Å². The maximum atomic E-state index is 11.9. The molecule has 1 aromatic carbocycles. The number of nitrogens with two attached hydrogens (primary N) is 1. The average molecular weight is 216 g/mol. The molecular weight excluding hydrogens is 200 g/mol. The number of amides is 1. The first-order valence-electron chi connectivity index (χ1n) is 5.92. The van der Waals surface area contributed by atoms with Crippen molar-refractivity contribution in [3.05, 3.63) is 34.9 Å². The minimum absolute atomic E-state index is 0.0210. The molecule has 2 atom stereocenters. The van der Waals surface area contributed by atoms with Crippen molar-refractivity contribution in [2.24, 2.45) is 5.73 Å². The van der Waals surface area contributed by atoms with Crippen LogP contribution in [-0.4, -0.2) is 18.0 Å². The third-order valence-corrected chi connectivity index (χ3v) is 3.52. The topological polar surface area (TPSA) is 55.1 Å². The standard InChI is InChI=1S/C13H16N2O/c14-11-7-12(11)15-13(16)10-5-4-8-2-1-3-9(8)6-10/h4-6,11-12H,1-3,7,14H2,(H,15,16). The Morgan fingerprint density at radius 1 is 1.31 bits per heavy atom. The minimum Gasteiger partial charge on any atom is -0.348 e. The van der Waals surface area contributed by atoms with Crippen molar-refractivity contribution in [1.82, 2.24) is 5.32 Å². The fourth-order valence-electron chi connectivity index (χ4n) is 2.35. The quantitative estimate of drug-likeness (QED) is 0.775. The Morgan fingerprint density at radius 2 is 2.06 bits per heavy atom. The number of carbonyl (C=O) groups is 1. The maximum absolute atomic E-state index is 11.9. The predicted octanol–water partition coefficient (Wildman–Crippen LogP) is 1.00. The summed E-state index contributed by atoms with van der Waals surface area (Å²) in [4.78, 5) is 11.9. The van der Waals surface area contributed by atoms with E-state index in [1.807, 2.05) is 12.1 Å². The molecule has 3 heteroatoms. The Balaban J connectivity index is 1.76. The Bertz CT molecular complexity index is 442. The highest BCUT2D eigenvalue weighted by Gasteiger charge is 2.34. The van der Waals surface area contributed by atoms with Gasteiger partial charge in [0.25, 0.3) is 5.91 Å². The Labute approximate surface area is 95.0 Å². The molecule has 84 valence electrons. The van der Waals surface area contributed by atoms with Crippen LogP contribution < -0.4 is 11.1 Å². The molecule has 0 aromatic heterocycles. The molecule has 2 aliphatic rings. The van der Waals surface area contributed by atoms with Gasteiger partial charge in [-0.25, -0.2) is 0 Å². The number of benzene rings is 1. The zero-order valence-electron chi connectivity index (χ0n) is 9.20. The van der Waals surface area contributed by atoms with E-state index in [4.69, 9.17) is 5.73 Å². The van der Waals surface area contributed by atoms with Crippen LogP contribution in [0.2, 0.25) is 0 Å². The van der Waals surface area contributed by atoms with Gasteiger partial charge in [0.15, 0.2) is 0 Å². The van der Waals surface area contributed by atoms with Gasteiger partial charge in [0.1, 0.15) is 0 Å².